The summed E-state index contributed by atoms with van der Waals surface area (Å²) in [4.78, 5) is 7.93. The van der Waals surface area contributed by atoms with Gasteiger partial charge in [0.15, 0.2) is 5.03 Å². The number of rotatable bonds is 5. The van der Waals surface area contributed by atoms with Gasteiger partial charge in [0, 0.05) is 18.4 Å². The number of aromatic nitrogens is 3. The van der Waals surface area contributed by atoms with Crippen LogP contribution in [0.5, 0.6) is 0 Å². The lowest BCUT2D eigenvalue weighted by atomic mass is 10.4. The van der Waals surface area contributed by atoms with Gasteiger partial charge in [-0.15, -0.1) is 0 Å². The van der Waals surface area contributed by atoms with Crippen LogP contribution in [0.4, 0.5) is 5.82 Å². The summed E-state index contributed by atoms with van der Waals surface area (Å²) >= 11 is 0. The van der Waals surface area contributed by atoms with Gasteiger partial charge in [0.2, 0.25) is 0 Å². The van der Waals surface area contributed by atoms with Crippen molar-refractivity contribution in [3.05, 3.63) is 36.9 Å². The maximum absolute atomic E-state index is 12.6. The second-order valence-corrected chi connectivity index (χ2v) is 6.42. The Morgan fingerprint density at radius 1 is 1.38 bits per heavy atom. The van der Waals surface area contributed by atoms with E-state index in [1.807, 2.05) is 19.9 Å². The van der Waals surface area contributed by atoms with E-state index in [2.05, 4.69) is 9.97 Å². The predicted octanol–water partition coefficient (Wildman–Crippen LogP) is 1.58. The first kappa shape index (κ1) is 15.0. The average molecular weight is 305 g/mol. The molecule has 0 fully saturated rings. The molecule has 2 aromatic rings. The molecule has 0 amide bonds. The molecule has 0 N–H and O–H groups in total. The highest BCUT2D eigenvalue weighted by molar-refractivity contribution is 7.92. The summed E-state index contributed by atoms with van der Waals surface area (Å²) in [7, 11) is -3.91. The monoisotopic (exact) mass is 305 g/mol. The Morgan fingerprint density at radius 3 is 2.67 bits per heavy atom. The zero-order chi connectivity index (χ0) is 15.5. The molecule has 0 aliphatic heterocycles. The van der Waals surface area contributed by atoms with Crippen LogP contribution < -0.4 is 4.31 Å². The van der Waals surface area contributed by atoms with Gasteiger partial charge in [-0.25, -0.2) is 14.3 Å². The molecule has 0 aliphatic carbocycles. The number of hydrogen-bond acceptors (Lipinski definition) is 5. The second kappa shape index (κ2) is 5.93. The van der Waals surface area contributed by atoms with Crippen molar-refractivity contribution in [2.75, 3.05) is 10.8 Å². The van der Waals surface area contributed by atoms with E-state index in [0.29, 0.717) is 0 Å². The van der Waals surface area contributed by atoms with Crippen LogP contribution >= 0.6 is 0 Å². The molecular weight excluding hydrogens is 290 g/mol. The molecule has 21 heavy (non-hydrogen) atoms. The van der Waals surface area contributed by atoms with Crippen molar-refractivity contribution < 1.29 is 8.42 Å². The summed E-state index contributed by atoms with van der Waals surface area (Å²) < 4.78 is 27.9. The summed E-state index contributed by atoms with van der Waals surface area (Å²) in [5.41, 5.74) is 0. The molecule has 8 heteroatoms. The van der Waals surface area contributed by atoms with Crippen molar-refractivity contribution in [3.8, 4) is 6.07 Å². The van der Waals surface area contributed by atoms with Crippen molar-refractivity contribution >= 4 is 15.8 Å². The summed E-state index contributed by atoms with van der Waals surface area (Å²) in [6.45, 7) is 3.52. The number of nitrogens with zero attached hydrogens (tertiary/aromatic N) is 5. The van der Waals surface area contributed by atoms with Crippen LogP contribution in [0, 0.1) is 11.3 Å². The smallest absolute Gasteiger partial charge is 0.285 e. The highest BCUT2D eigenvalue weighted by atomic mass is 32.2. The van der Waals surface area contributed by atoms with Crippen molar-refractivity contribution in [2.24, 2.45) is 0 Å². The van der Waals surface area contributed by atoms with Crippen molar-refractivity contribution in [2.45, 2.75) is 24.9 Å². The lowest BCUT2D eigenvalue weighted by Gasteiger charge is -2.18. The zero-order valence-corrected chi connectivity index (χ0v) is 12.5. The van der Waals surface area contributed by atoms with Gasteiger partial charge in [-0.1, -0.05) is 6.07 Å². The van der Waals surface area contributed by atoms with Crippen molar-refractivity contribution in [3.63, 3.8) is 0 Å². The van der Waals surface area contributed by atoms with Crippen molar-refractivity contribution in [1.82, 2.24) is 14.5 Å². The molecule has 2 heterocycles. The molecule has 110 valence electrons. The fraction of sp³-hybridized carbons (Fsp3) is 0.308. The molecule has 7 nitrogen and oxygen atoms in total. The first-order valence-corrected chi connectivity index (χ1v) is 7.75. The van der Waals surface area contributed by atoms with Crippen LogP contribution in [0.15, 0.2) is 41.9 Å². The first-order valence-electron chi connectivity index (χ1n) is 6.31. The minimum absolute atomic E-state index is 0.0979. The van der Waals surface area contributed by atoms with Gasteiger partial charge in [-0.05, 0) is 26.0 Å². The topological polar surface area (TPSA) is 91.9 Å². The standard InChI is InChI=1S/C13H15N5O2S/c1-11(2)17-9-13(16-10-17)21(19,20)18(8-6-14)12-5-3-4-7-15-12/h3-5,7,9-11H,8H2,1-2H3. The van der Waals surface area contributed by atoms with E-state index >= 15 is 0 Å². The van der Waals surface area contributed by atoms with Crippen LogP contribution in [0.25, 0.3) is 0 Å². The maximum atomic E-state index is 12.6. The Labute approximate surface area is 123 Å². The van der Waals surface area contributed by atoms with E-state index in [1.165, 1.54) is 24.8 Å². The van der Waals surface area contributed by atoms with E-state index in [0.717, 1.165) is 4.31 Å². The minimum Gasteiger partial charge on any atom is -0.334 e. The quantitative estimate of drug-likeness (QED) is 0.782. The van der Waals surface area contributed by atoms with Crippen LogP contribution in [-0.2, 0) is 10.0 Å². The van der Waals surface area contributed by atoms with Gasteiger partial charge in [0.05, 0.1) is 12.4 Å². The number of imidazole rings is 1. The molecule has 2 aromatic heterocycles. The van der Waals surface area contributed by atoms with Gasteiger partial charge in [0.1, 0.15) is 12.4 Å². The largest absolute Gasteiger partial charge is 0.334 e. The fourth-order valence-corrected chi connectivity index (χ4v) is 2.94. The molecular formula is C13H15N5O2S. The molecule has 0 saturated carbocycles. The summed E-state index contributed by atoms with van der Waals surface area (Å²) in [6, 6.07) is 6.81. The van der Waals surface area contributed by atoms with Crippen LogP contribution in [-0.4, -0.2) is 29.5 Å². The third kappa shape index (κ3) is 3.03. The Bertz CT molecular complexity index is 746. The van der Waals surface area contributed by atoms with Gasteiger partial charge in [0.25, 0.3) is 10.0 Å². The number of pyridine rings is 1. The van der Waals surface area contributed by atoms with E-state index in [4.69, 9.17) is 5.26 Å². The number of sulfonamides is 1. The molecule has 0 unspecified atom stereocenters. The van der Waals surface area contributed by atoms with Crippen molar-refractivity contribution in [1.29, 1.82) is 5.26 Å². The molecule has 0 saturated heterocycles. The minimum atomic E-state index is -3.91. The van der Waals surface area contributed by atoms with E-state index in [-0.39, 0.29) is 23.4 Å². The molecule has 2 rings (SSSR count). The Morgan fingerprint density at radius 2 is 2.14 bits per heavy atom. The molecule has 0 radical (unpaired) electrons. The summed E-state index contributed by atoms with van der Waals surface area (Å²) in [5, 5.41) is 8.79. The van der Waals surface area contributed by atoms with Crippen LogP contribution in [0.2, 0.25) is 0 Å². The number of hydrogen-bond donors (Lipinski definition) is 0. The highest BCUT2D eigenvalue weighted by Crippen LogP contribution is 2.20. The fourth-order valence-electron chi connectivity index (χ4n) is 1.70. The van der Waals surface area contributed by atoms with Crippen LogP contribution in [0.1, 0.15) is 19.9 Å². The average Bonchev–Trinajstić information content (AvgIpc) is 2.96. The number of nitriles is 1. The third-order valence-electron chi connectivity index (χ3n) is 2.85. The van der Waals surface area contributed by atoms with Gasteiger partial charge in [-0.3, -0.25) is 0 Å². The van der Waals surface area contributed by atoms with Gasteiger partial charge < -0.3 is 4.57 Å². The van der Waals surface area contributed by atoms with Gasteiger partial charge >= 0.3 is 0 Å². The molecule has 0 spiro atoms. The highest BCUT2D eigenvalue weighted by Gasteiger charge is 2.28. The molecule has 0 bridgehead atoms. The predicted molar refractivity (Wildman–Crippen MR) is 77.0 cm³/mol. The van der Waals surface area contributed by atoms with E-state index in [1.54, 1.807) is 16.7 Å². The maximum Gasteiger partial charge on any atom is 0.285 e. The van der Waals surface area contributed by atoms with E-state index < -0.39 is 10.0 Å². The molecule has 0 aliphatic rings. The summed E-state index contributed by atoms with van der Waals surface area (Å²) in [6.07, 6.45) is 4.38. The lowest BCUT2D eigenvalue weighted by molar-refractivity contribution is 0.585. The zero-order valence-electron chi connectivity index (χ0n) is 11.7. The number of anilines is 1. The third-order valence-corrected chi connectivity index (χ3v) is 4.48. The van der Waals surface area contributed by atoms with Crippen LogP contribution in [0.3, 0.4) is 0 Å². The normalized spacial score (nSPS) is 11.3. The Hall–Kier alpha value is -2.40. The SMILES string of the molecule is CC(C)n1cnc(S(=O)(=O)N(CC#N)c2ccccn2)c1. The molecule has 0 atom stereocenters. The van der Waals surface area contributed by atoms with Gasteiger partial charge in [-0.2, -0.15) is 13.7 Å². The second-order valence-electron chi connectivity index (χ2n) is 4.61. The summed E-state index contributed by atoms with van der Waals surface area (Å²) in [5.74, 6) is 0.193. The Kier molecular flexibility index (Phi) is 4.23. The molecule has 0 aromatic carbocycles. The lowest BCUT2D eigenvalue weighted by Crippen LogP contribution is -2.32. The first-order chi connectivity index (χ1) is 9.96. The van der Waals surface area contributed by atoms with E-state index in [9.17, 15) is 8.42 Å². The Balaban J connectivity index is 2.45.